The van der Waals surface area contributed by atoms with Crippen molar-refractivity contribution in [3.05, 3.63) is 34.9 Å². The first kappa shape index (κ1) is 11.1. The van der Waals surface area contributed by atoms with Crippen LogP contribution in [0.15, 0.2) is 34.9 Å². The molecule has 0 radical (unpaired) electrons. The highest BCUT2D eigenvalue weighted by molar-refractivity contribution is 9.10. The molecule has 1 aromatic heterocycles. The molecule has 16 heavy (non-hydrogen) atoms. The Morgan fingerprint density at radius 3 is 3.00 bits per heavy atom. The number of carbonyl (C=O) groups excluding carboxylic acids is 1. The Hall–Kier alpha value is -1.42. The second kappa shape index (κ2) is 4.61. The van der Waals surface area contributed by atoms with Crippen LogP contribution < -0.4 is 4.74 Å². The molecule has 3 nitrogen and oxygen atoms in total. The van der Waals surface area contributed by atoms with E-state index in [-0.39, 0.29) is 5.97 Å². The molecule has 0 aliphatic rings. The van der Waals surface area contributed by atoms with Gasteiger partial charge in [0.15, 0.2) is 0 Å². The van der Waals surface area contributed by atoms with E-state index in [9.17, 15) is 4.79 Å². The lowest BCUT2D eigenvalue weighted by atomic mass is 10.2. The van der Waals surface area contributed by atoms with Crippen LogP contribution in [0.3, 0.4) is 0 Å². The number of pyridine rings is 1. The van der Waals surface area contributed by atoms with Crippen LogP contribution in [0.25, 0.3) is 10.9 Å². The van der Waals surface area contributed by atoms with E-state index in [0.29, 0.717) is 12.2 Å². The zero-order chi connectivity index (χ0) is 11.5. The van der Waals surface area contributed by atoms with E-state index >= 15 is 0 Å². The molecule has 0 saturated carbocycles. The molecule has 0 unspecified atom stereocenters. The molecule has 2 rings (SSSR count). The maximum absolute atomic E-state index is 11.1. The first-order valence-corrected chi connectivity index (χ1v) is 5.74. The quantitative estimate of drug-likeness (QED) is 0.625. The van der Waals surface area contributed by atoms with Gasteiger partial charge >= 0.3 is 5.97 Å². The Labute approximate surface area is 102 Å². The molecule has 2 aromatic rings. The monoisotopic (exact) mass is 279 g/mol. The van der Waals surface area contributed by atoms with Gasteiger partial charge in [-0.15, -0.1) is 0 Å². The normalized spacial score (nSPS) is 10.4. The molecule has 0 amide bonds. The summed E-state index contributed by atoms with van der Waals surface area (Å²) in [5, 5.41) is 0.941. The second-order valence-corrected chi connectivity index (χ2v) is 4.25. The van der Waals surface area contributed by atoms with Crippen molar-refractivity contribution in [1.29, 1.82) is 0 Å². The molecule has 4 heteroatoms. The lowest BCUT2D eigenvalue weighted by molar-refractivity contribution is -0.134. The zero-order valence-electron chi connectivity index (χ0n) is 8.74. The number of ether oxygens (including phenoxy) is 1. The Morgan fingerprint density at radius 2 is 2.25 bits per heavy atom. The Bertz CT molecular complexity index is 540. The van der Waals surface area contributed by atoms with Gasteiger partial charge in [0.05, 0.1) is 5.52 Å². The molecule has 1 aromatic carbocycles. The van der Waals surface area contributed by atoms with Crippen LogP contribution in [0.5, 0.6) is 5.75 Å². The van der Waals surface area contributed by atoms with E-state index in [0.717, 1.165) is 15.4 Å². The molecular weight excluding hydrogens is 270 g/mol. The summed E-state index contributed by atoms with van der Waals surface area (Å²) in [6.45, 7) is 1.77. The minimum atomic E-state index is -0.234. The van der Waals surface area contributed by atoms with Crippen molar-refractivity contribution in [3.63, 3.8) is 0 Å². The predicted octanol–water partition coefficient (Wildman–Crippen LogP) is 3.31. The lowest BCUT2D eigenvalue weighted by Crippen LogP contribution is -2.05. The summed E-state index contributed by atoms with van der Waals surface area (Å²) in [6.07, 6.45) is 2.11. The first-order chi connectivity index (χ1) is 7.69. The molecule has 1 heterocycles. The number of nitrogens with zero attached hydrogens (tertiary/aromatic N) is 1. The summed E-state index contributed by atoms with van der Waals surface area (Å²) in [7, 11) is 0. The van der Waals surface area contributed by atoms with E-state index in [1.54, 1.807) is 25.3 Å². The van der Waals surface area contributed by atoms with Gasteiger partial charge in [-0.2, -0.15) is 0 Å². The summed E-state index contributed by atoms with van der Waals surface area (Å²) < 4.78 is 6.03. The topological polar surface area (TPSA) is 39.2 Å². The molecule has 0 atom stereocenters. The number of halogens is 1. The maximum Gasteiger partial charge on any atom is 0.310 e. The summed E-state index contributed by atoms with van der Waals surface area (Å²) in [5.74, 6) is 0.321. The third kappa shape index (κ3) is 2.39. The average Bonchev–Trinajstić information content (AvgIpc) is 2.28. The van der Waals surface area contributed by atoms with Gasteiger partial charge in [0, 0.05) is 22.5 Å². The van der Waals surface area contributed by atoms with Crippen molar-refractivity contribution in [2.45, 2.75) is 13.3 Å². The fraction of sp³-hybridized carbons (Fsp3) is 0.167. The number of fused-ring (bicyclic) bond motifs is 1. The third-order valence-electron chi connectivity index (χ3n) is 2.14. The molecule has 0 aliphatic heterocycles. The van der Waals surface area contributed by atoms with Crippen LogP contribution >= 0.6 is 15.9 Å². The number of rotatable bonds is 2. The van der Waals surface area contributed by atoms with E-state index < -0.39 is 0 Å². The zero-order valence-corrected chi connectivity index (χ0v) is 10.3. The van der Waals surface area contributed by atoms with Crippen LogP contribution in [0, 0.1) is 0 Å². The van der Waals surface area contributed by atoms with E-state index in [1.807, 2.05) is 12.1 Å². The van der Waals surface area contributed by atoms with Gasteiger partial charge in [-0.05, 0) is 40.2 Å². The number of benzene rings is 1. The SMILES string of the molecule is CCC(=O)Oc1ccc2ncc(Br)cc2c1. The number of aromatic nitrogens is 1. The molecule has 0 saturated heterocycles. The smallest absolute Gasteiger partial charge is 0.310 e. The van der Waals surface area contributed by atoms with Gasteiger partial charge in [-0.3, -0.25) is 9.78 Å². The van der Waals surface area contributed by atoms with E-state index in [1.165, 1.54) is 0 Å². The summed E-state index contributed by atoms with van der Waals surface area (Å²) >= 11 is 3.35. The van der Waals surface area contributed by atoms with Gasteiger partial charge in [-0.25, -0.2) is 0 Å². The van der Waals surface area contributed by atoms with Crippen molar-refractivity contribution >= 4 is 32.8 Å². The van der Waals surface area contributed by atoms with Gasteiger partial charge in [0.25, 0.3) is 0 Å². The lowest BCUT2D eigenvalue weighted by Gasteiger charge is -2.04. The molecule has 0 fully saturated rings. The van der Waals surface area contributed by atoms with Crippen LogP contribution in [0.2, 0.25) is 0 Å². The average molecular weight is 280 g/mol. The van der Waals surface area contributed by atoms with Gasteiger partial charge in [0.2, 0.25) is 0 Å². The molecular formula is C12H10BrNO2. The van der Waals surface area contributed by atoms with Crippen molar-refractivity contribution in [1.82, 2.24) is 4.98 Å². The highest BCUT2D eigenvalue weighted by Crippen LogP contribution is 2.22. The molecule has 82 valence electrons. The number of esters is 1. The van der Waals surface area contributed by atoms with Crippen molar-refractivity contribution < 1.29 is 9.53 Å². The third-order valence-corrected chi connectivity index (χ3v) is 2.57. The molecule has 0 aliphatic carbocycles. The van der Waals surface area contributed by atoms with Crippen molar-refractivity contribution in [3.8, 4) is 5.75 Å². The van der Waals surface area contributed by atoms with Crippen LogP contribution in [0.4, 0.5) is 0 Å². The minimum Gasteiger partial charge on any atom is -0.427 e. The second-order valence-electron chi connectivity index (χ2n) is 3.34. The fourth-order valence-electron chi connectivity index (χ4n) is 1.35. The summed E-state index contributed by atoms with van der Waals surface area (Å²) in [4.78, 5) is 15.4. The number of hydrogen-bond donors (Lipinski definition) is 0. The van der Waals surface area contributed by atoms with E-state index in [4.69, 9.17) is 4.74 Å². The Kier molecular flexibility index (Phi) is 3.19. The van der Waals surface area contributed by atoms with Crippen LogP contribution in [0.1, 0.15) is 13.3 Å². The standard InChI is InChI=1S/C12H10BrNO2/c1-2-12(15)16-10-3-4-11-8(6-10)5-9(13)7-14-11/h3-7H,2H2,1H3. The van der Waals surface area contributed by atoms with Crippen molar-refractivity contribution in [2.75, 3.05) is 0 Å². The summed E-state index contributed by atoms with van der Waals surface area (Å²) in [5.41, 5.74) is 0.875. The van der Waals surface area contributed by atoms with E-state index in [2.05, 4.69) is 20.9 Å². The number of hydrogen-bond acceptors (Lipinski definition) is 3. The molecule has 0 N–H and O–H groups in total. The van der Waals surface area contributed by atoms with Crippen molar-refractivity contribution in [2.24, 2.45) is 0 Å². The predicted molar refractivity (Wildman–Crippen MR) is 65.4 cm³/mol. The molecule has 0 spiro atoms. The highest BCUT2D eigenvalue weighted by atomic mass is 79.9. The van der Waals surface area contributed by atoms with Crippen LogP contribution in [-0.2, 0) is 4.79 Å². The van der Waals surface area contributed by atoms with Crippen LogP contribution in [-0.4, -0.2) is 11.0 Å². The summed E-state index contributed by atoms with van der Waals surface area (Å²) in [6, 6.07) is 7.32. The fourth-order valence-corrected chi connectivity index (χ4v) is 1.70. The first-order valence-electron chi connectivity index (χ1n) is 4.95. The van der Waals surface area contributed by atoms with Gasteiger partial charge < -0.3 is 4.74 Å². The maximum atomic E-state index is 11.1. The van der Waals surface area contributed by atoms with Gasteiger partial charge in [-0.1, -0.05) is 6.92 Å². The highest BCUT2D eigenvalue weighted by Gasteiger charge is 2.03. The largest absolute Gasteiger partial charge is 0.427 e. The Balaban J connectivity index is 2.39. The molecule has 0 bridgehead atoms. The van der Waals surface area contributed by atoms with Gasteiger partial charge in [0.1, 0.15) is 5.75 Å². The minimum absolute atomic E-state index is 0.234. The number of carbonyl (C=O) groups is 1. The Morgan fingerprint density at radius 1 is 1.44 bits per heavy atom.